The Kier molecular flexibility index (Phi) is 7.12. The maximum atomic E-state index is 12.7. The SMILES string of the molecule is CCN(Cc1ccccc1)C(=O)CCNS(=O)(=O)c1ccc2c(c1)C[C@@H](C)N2C(C)=O. The average molecular weight is 444 g/mol. The van der Waals surface area contributed by atoms with E-state index in [2.05, 4.69) is 4.72 Å². The normalized spacial score (nSPS) is 15.6. The van der Waals surface area contributed by atoms with Crippen LogP contribution in [0.15, 0.2) is 53.4 Å². The predicted octanol–water partition coefficient (Wildman–Crippen LogP) is 2.70. The third-order valence-electron chi connectivity index (χ3n) is 5.50. The van der Waals surface area contributed by atoms with Gasteiger partial charge in [0.2, 0.25) is 21.8 Å². The molecule has 1 N–H and O–H groups in total. The third kappa shape index (κ3) is 5.32. The van der Waals surface area contributed by atoms with Crippen LogP contribution < -0.4 is 9.62 Å². The van der Waals surface area contributed by atoms with Gasteiger partial charge >= 0.3 is 0 Å². The van der Waals surface area contributed by atoms with Gasteiger partial charge in [0.1, 0.15) is 0 Å². The molecular weight excluding hydrogens is 414 g/mol. The average Bonchev–Trinajstić information content (AvgIpc) is 3.07. The lowest BCUT2D eigenvalue weighted by molar-refractivity contribution is -0.131. The zero-order valence-electron chi connectivity index (χ0n) is 18.2. The Morgan fingerprint density at radius 2 is 1.87 bits per heavy atom. The molecule has 1 aliphatic rings. The fourth-order valence-electron chi connectivity index (χ4n) is 3.97. The minimum absolute atomic E-state index is 0.000626. The molecule has 0 saturated carbocycles. The fraction of sp³-hybridized carbons (Fsp3) is 0.391. The first kappa shape index (κ1) is 23.0. The summed E-state index contributed by atoms with van der Waals surface area (Å²) in [5.41, 5.74) is 2.63. The standard InChI is InChI=1S/C23H29N3O4S/c1-4-25(16-19-8-6-5-7-9-19)23(28)12-13-24-31(29,30)21-10-11-22-20(15-21)14-17(2)26(22)18(3)27/h5-11,15,17,24H,4,12-14,16H2,1-3H3/t17-/m1/s1. The Morgan fingerprint density at radius 1 is 1.16 bits per heavy atom. The first-order valence-corrected chi connectivity index (χ1v) is 12.0. The molecule has 3 rings (SSSR count). The molecule has 0 saturated heterocycles. The number of benzene rings is 2. The third-order valence-corrected chi connectivity index (χ3v) is 6.96. The molecule has 0 aromatic heterocycles. The minimum atomic E-state index is -3.75. The van der Waals surface area contributed by atoms with Gasteiger partial charge in [-0.2, -0.15) is 0 Å². The van der Waals surface area contributed by atoms with E-state index < -0.39 is 10.0 Å². The number of hydrogen-bond acceptors (Lipinski definition) is 4. The van der Waals surface area contributed by atoms with E-state index in [9.17, 15) is 18.0 Å². The number of amides is 2. The van der Waals surface area contributed by atoms with Gasteiger partial charge in [0.15, 0.2) is 0 Å². The first-order valence-electron chi connectivity index (χ1n) is 10.5. The quantitative estimate of drug-likeness (QED) is 0.680. The highest BCUT2D eigenvalue weighted by Gasteiger charge is 2.30. The Labute approximate surface area is 184 Å². The molecule has 0 bridgehead atoms. The molecule has 2 aromatic rings. The van der Waals surface area contributed by atoms with E-state index in [1.807, 2.05) is 44.2 Å². The Morgan fingerprint density at radius 3 is 2.52 bits per heavy atom. The van der Waals surface area contributed by atoms with E-state index in [0.29, 0.717) is 19.5 Å². The van der Waals surface area contributed by atoms with Gasteiger partial charge in [-0.05, 0) is 49.6 Å². The van der Waals surface area contributed by atoms with Crippen molar-refractivity contribution in [2.45, 2.75) is 51.1 Å². The van der Waals surface area contributed by atoms with Crippen molar-refractivity contribution in [3.63, 3.8) is 0 Å². The molecule has 7 nitrogen and oxygen atoms in total. The van der Waals surface area contributed by atoms with Crippen LogP contribution in [0, 0.1) is 0 Å². The van der Waals surface area contributed by atoms with Gasteiger partial charge in [-0.1, -0.05) is 30.3 Å². The second-order valence-corrected chi connectivity index (χ2v) is 9.54. The number of fused-ring (bicyclic) bond motifs is 1. The Balaban J connectivity index is 1.61. The number of carbonyl (C=O) groups excluding carboxylic acids is 2. The van der Waals surface area contributed by atoms with Gasteiger partial charge in [-0.15, -0.1) is 0 Å². The summed E-state index contributed by atoms with van der Waals surface area (Å²) >= 11 is 0. The maximum absolute atomic E-state index is 12.7. The Hall–Kier alpha value is -2.71. The van der Waals surface area contributed by atoms with Crippen molar-refractivity contribution in [1.82, 2.24) is 9.62 Å². The van der Waals surface area contributed by atoms with Gasteiger partial charge in [0, 0.05) is 44.7 Å². The molecule has 8 heteroatoms. The van der Waals surface area contributed by atoms with Crippen molar-refractivity contribution in [2.24, 2.45) is 0 Å². The minimum Gasteiger partial charge on any atom is -0.339 e. The van der Waals surface area contributed by atoms with Gasteiger partial charge in [-0.25, -0.2) is 13.1 Å². The lowest BCUT2D eigenvalue weighted by atomic mass is 10.1. The summed E-state index contributed by atoms with van der Waals surface area (Å²) in [4.78, 5) is 27.9. The van der Waals surface area contributed by atoms with Crippen molar-refractivity contribution in [2.75, 3.05) is 18.0 Å². The van der Waals surface area contributed by atoms with Crippen LogP contribution in [-0.2, 0) is 32.6 Å². The highest BCUT2D eigenvalue weighted by molar-refractivity contribution is 7.89. The van der Waals surface area contributed by atoms with Gasteiger partial charge in [0.25, 0.3) is 0 Å². The molecule has 0 unspecified atom stereocenters. The smallest absolute Gasteiger partial charge is 0.240 e. The largest absolute Gasteiger partial charge is 0.339 e. The first-order chi connectivity index (χ1) is 14.7. The second kappa shape index (κ2) is 9.62. The molecule has 0 aliphatic carbocycles. The summed E-state index contributed by atoms with van der Waals surface area (Å²) in [6, 6.07) is 14.5. The van der Waals surface area contributed by atoms with Crippen LogP contribution in [0.1, 0.15) is 38.3 Å². The van der Waals surface area contributed by atoms with Crippen molar-refractivity contribution in [3.8, 4) is 0 Å². The highest BCUT2D eigenvalue weighted by atomic mass is 32.2. The number of anilines is 1. The van der Waals surface area contributed by atoms with Crippen molar-refractivity contribution in [3.05, 3.63) is 59.7 Å². The summed E-state index contributed by atoms with van der Waals surface area (Å²) in [6.45, 7) is 6.43. The number of hydrogen-bond donors (Lipinski definition) is 1. The summed E-state index contributed by atoms with van der Waals surface area (Å²) in [5, 5.41) is 0. The lowest BCUT2D eigenvalue weighted by Gasteiger charge is -2.21. The zero-order valence-corrected chi connectivity index (χ0v) is 19.0. The lowest BCUT2D eigenvalue weighted by Crippen LogP contribution is -2.34. The summed E-state index contributed by atoms with van der Waals surface area (Å²) in [6.07, 6.45) is 0.696. The molecule has 0 radical (unpaired) electrons. The van der Waals surface area contributed by atoms with Crippen LogP contribution in [0.25, 0.3) is 0 Å². The molecule has 0 spiro atoms. The van der Waals surface area contributed by atoms with Crippen LogP contribution in [0.2, 0.25) is 0 Å². The van der Waals surface area contributed by atoms with Crippen LogP contribution in [-0.4, -0.2) is 44.3 Å². The van der Waals surface area contributed by atoms with E-state index >= 15 is 0 Å². The number of nitrogens with one attached hydrogen (secondary N) is 1. The number of nitrogens with zero attached hydrogens (tertiary/aromatic N) is 2. The molecule has 1 heterocycles. The maximum Gasteiger partial charge on any atom is 0.240 e. The van der Waals surface area contributed by atoms with E-state index in [-0.39, 0.29) is 35.7 Å². The van der Waals surface area contributed by atoms with Crippen LogP contribution in [0.3, 0.4) is 0 Å². The van der Waals surface area contributed by atoms with Crippen LogP contribution in [0.5, 0.6) is 0 Å². The van der Waals surface area contributed by atoms with Crippen LogP contribution >= 0.6 is 0 Å². The van der Waals surface area contributed by atoms with E-state index in [4.69, 9.17) is 0 Å². The van der Waals surface area contributed by atoms with Crippen molar-refractivity contribution in [1.29, 1.82) is 0 Å². The molecule has 166 valence electrons. The highest BCUT2D eigenvalue weighted by Crippen LogP contribution is 2.33. The summed E-state index contributed by atoms with van der Waals surface area (Å²) in [7, 11) is -3.75. The topological polar surface area (TPSA) is 86.8 Å². The van der Waals surface area contributed by atoms with Crippen molar-refractivity contribution < 1.29 is 18.0 Å². The van der Waals surface area contributed by atoms with Crippen LogP contribution in [0.4, 0.5) is 5.69 Å². The summed E-state index contributed by atoms with van der Waals surface area (Å²) < 4.78 is 28.0. The molecular formula is C23H29N3O4S. The van der Waals surface area contributed by atoms with Gasteiger partial charge < -0.3 is 9.80 Å². The molecule has 0 fully saturated rings. The monoisotopic (exact) mass is 443 g/mol. The predicted molar refractivity (Wildman–Crippen MR) is 120 cm³/mol. The molecule has 1 aliphatic heterocycles. The van der Waals surface area contributed by atoms with E-state index in [1.165, 1.54) is 13.0 Å². The number of sulfonamides is 1. The zero-order chi connectivity index (χ0) is 22.6. The van der Waals surface area contributed by atoms with Gasteiger partial charge in [-0.3, -0.25) is 9.59 Å². The Bertz CT molecular complexity index is 1050. The molecule has 31 heavy (non-hydrogen) atoms. The van der Waals surface area contributed by atoms with Gasteiger partial charge in [0.05, 0.1) is 4.90 Å². The fourth-order valence-corrected chi connectivity index (χ4v) is 5.05. The van der Waals surface area contributed by atoms with E-state index in [1.54, 1.807) is 21.9 Å². The molecule has 2 amide bonds. The summed E-state index contributed by atoms with van der Waals surface area (Å²) in [5.74, 6) is -0.164. The van der Waals surface area contributed by atoms with Crippen molar-refractivity contribution >= 4 is 27.5 Å². The van der Waals surface area contributed by atoms with E-state index in [0.717, 1.165) is 16.8 Å². The second-order valence-electron chi connectivity index (χ2n) is 7.77. The number of rotatable bonds is 8. The molecule has 1 atom stereocenters. The molecule has 2 aromatic carbocycles. The number of carbonyl (C=O) groups is 2.